The number of thioether (sulfide) groups is 2. The van der Waals surface area contributed by atoms with Crippen molar-refractivity contribution >= 4 is 29.5 Å². The molecule has 0 amide bonds. The van der Waals surface area contributed by atoms with E-state index in [1.54, 1.807) is 0 Å². The van der Waals surface area contributed by atoms with E-state index in [9.17, 15) is 4.79 Å². The summed E-state index contributed by atoms with van der Waals surface area (Å²) in [5.41, 5.74) is 0.330. The topological polar surface area (TPSA) is 26.3 Å². The van der Waals surface area contributed by atoms with Crippen LogP contribution in [0, 0.1) is 5.41 Å². The van der Waals surface area contributed by atoms with Crippen LogP contribution >= 0.6 is 23.5 Å². The SMILES string of the molecule is CC(=O)OC1CSC(C(C)(C)C)SC1. The van der Waals surface area contributed by atoms with Crippen molar-refractivity contribution in [3.05, 3.63) is 0 Å². The average molecular weight is 234 g/mol. The number of carbonyl (C=O) groups is 1. The zero-order valence-electron chi connectivity index (χ0n) is 9.20. The third-order valence-electron chi connectivity index (χ3n) is 1.91. The number of ether oxygens (including phenoxy) is 1. The molecule has 0 bridgehead atoms. The van der Waals surface area contributed by atoms with E-state index < -0.39 is 0 Å². The molecule has 4 heteroatoms. The largest absolute Gasteiger partial charge is 0.461 e. The Hall–Kier alpha value is 0.170. The highest BCUT2D eigenvalue weighted by Crippen LogP contribution is 2.42. The van der Waals surface area contributed by atoms with Crippen molar-refractivity contribution in [1.29, 1.82) is 0 Å². The summed E-state index contributed by atoms with van der Waals surface area (Å²) < 4.78 is 5.79. The minimum absolute atomic E-state index is 0.112. The van der Waals surface area contributed by atoms with Gasteiger partial charge in [0.1, 0.15) is 6.10 Å². The fraction of sp³-hybridized carbons (Fsp3) is 0.900. The minimum atomic E-state index is -0.162. The lowest BCUT2D eigenvalue weighted by Gasteiger charge is -2.35. The Morgan fingerprint density at radius 1 is 1.29 bits per heavy atom. The van der Waals surface area contributed by atoms with Gasteiger partial charge in [-0.25, -0.2) is 0 Å². The van der Waals surface area contributed by atoms with Crippen LogP contribution in [0.15, 0.2) is 0 Å². The second-order valence-electron chi connectivity index (χ2n) is 4.60. The molecule has 1 aliphatic heterocycles. The molecular weight excluding hydrogens is 216 g/mol. The normalized spacial score (nSPS) is 28.6. The summed E-state index contributed by atoms with van der Waals surface area (Å²) in [4.78, 5) is 10.7. The summed E-state index contributed by atoms with van der Waals surface area (Å²) in [7, 11) is 0. The molecule has 0 atom stereocenters. The number of esters is 1. The average Bonchev–Trinajstić information content (AvgIpc) is 2.02. The van der Waals surface area contributed by atoms with Crippen molar-refractivity contribution < 1.29 is 9.53 Å². The van der Waals surface area contributed by atoms with Crippen LogP contribution in [0.5, 0.6) is 0 Å². The molecule has 1 fully saturated rings. The van der Waals surface area contributed by atoms with E-state index in [2.05, 4.69) is 20.8 Å². The van der Waals surface area contributed by atoms with Crippen molar-refractivity contribution in [2.24, 2.45) is 5.41 Å². The molecule has 0 radical (unpaired) electrons. The van der Waals surface area contributed by atoms with Crippen molar-refractivity contribution in [3.8, 4) is 0 Å². The molecule has 0 unspecified atom stereocenters. The quantitative estimate of drug-likeness (QED) is 0.652. The van der Waals surface area contributed by atoms with Crippen LogP contribution in [0.1, 0.15) is 27.7 Å². The van der Waals surface area contributed by atoms with Gasteiger partial charge in [-0.05, 0) is 5.41 Å². The standard InChI is InChI=1S/C10H18O2S2/c1-7(11)12-8-5-13-9(14-6-8)10(2,3)4/h8-9H,5-6H2,1-4H3. The fourth-order valence-electron chi connectivity index (χ4n) is 1.29. The van der Waals surface area contributed by atoms with Gasteiger partial charge in [0.2, 0.25) is 0 Å². The second-order valence-corrected chi connectivity index (χ2v) is 7.17. The molecule has 0 aromatic heterocycles. The van der Waals surface area contributed by atoms with E-state index in [1.165, 1.54) is 6.92 Å². The van der Waals surface area contributed by atoms with E-state index in [4.69, 9.17) is 4.74 Å². The number of rotatable bonds is 1. The van der Waals surface area contributed by atoms with E-state index in [0.29, 0.717) is 10.00 Å². The zero-order chi connectivity index (χ0) is 10.8. The van der Waals surface area contributed by atoms with Gasteiger partial charge in [0.05, 0.1) is 4.58 Å². The predicted molar refractivity (Wildman–Crippen MR) is 63.7 cm³/mol. The van der Waals surface area contributed by atoms with Crippen LogP contribution in [-0.4, -0.2) is 28.2 Å². The summed E-state index contributed by atoms with van der Waals surface area (Å²) in [6.07, 6.45) is 0.112. The Labute approximate surface area is 94.5 Å². The fourth-order valence-corrected chi connectivity index (χ4v) is 4.44. The molecular formula is C10H18O2S2. The molecule has 1 rings (SSSR count). The van der Waals surface area contributed by atoms with E-state index in [1.807, 2.05) is 23.5 Å². The Morgan fingerprint density at radius 3 is 2.14 bits per heavy atom. The van der Waals surface area contributed by atoms with Crippen molar-refractivity contribution in [3.63, 3.8) is 0 Å². The van der Waals surface area contributed by atoms with E-state index in [-0.39, 0.29) is 12.1 Å². The first-order chi connectivity index (χ1) is 6.39. The molecule has 0 spiro atoms. The van der Waals surface area contributed by atoms with Gasteiger partial charge >= 0.3 is 5.97 Å². The third kappa shape index (κ3) is 3.73. The van der Waals surface area contributed by atoms with E-state index >= 15 is 0 Å². The van der Waals surface area contributed by atoms with Gasteiger partial charge in [0.25, 0.3) is 0 Å². The van der Waals surface area contributed by atoms with Gasteiger partial charge in [0, 0.05) is 18.4 Å². The zero-order valence-corrected chi connectivity index (χ0v) is 10.8. The molecule has 1 aliphatic rings. The van der Waals surface area contributed by atoms with Gasteiger partial charge < -0.3 is 4.74 Å². The first-order valence-corrected chi connectivity index (χ1v) is 6.90. The van der Waals surface area contributed by atoms with E-state index in [0.717, 1.165) is 11.5 Å². The van der Waals surface area contributed by atoms with Gasteiger partial charge in [-0.3, -0.25) is 4.79 Å². The van der Waals surface area contributed by atoms with Crippen molar-refractivity contribution in [2.45, 2.75) is 38.4 Å². The lowest BCUT2D eigenvalue weighted by atomic mass is 10.0. The highest BCUT2D eigenvalue weighted by Gasteiger charge is 2.31. The van der Waals surface area contributed by atoms with Crippen LogP contribution in [0.25, 0.3) is 0 Å². The summed E-state index contributed by atoms with van der Waals surface area (Å²) in [5.74, 6) is 1.72. The molecule has 0 aromatic carbocycles. The lowest BCUT2D eigenvalue weighted by Crippen LogP contribution is -2.32. The summed E-state index contributed by atoms with van der Waals surface area (Å²) >= 11 is 3.81. The first-order valence-electron chi connectivity index (χ1n) is 4.80. The maximum Gasteiger partial charge on any atom is 0.302 e. The minimum Gasteiger partial charge on any atom is -0.461 e. The molecule has 0 aliphatic carbocycles. The van der Waals surface area contributed by atoms with Gasteiger partial charge in [-0.1, -0.05) is 20.8 Å². The molecule has 1 heterocycles. The number of hydrogen-bond acceptors (Lipinski definition) is 4. The highest BCUT2D eigenvalue weighted by atomic mass is 32.2. The Morgan fingerprint density at radius 2 is 1.79 bits per heavy atom. The number of hydrogen-bond donors (Lipinski definition) is 0. The number of carbonyl (C=O) groups excluding carboxylic acids is 1. The van der Waals surface area contributed by atoms with Crippen LogP contribution in [-0.2, 0) is 9.53 Å². The molecule has 0 N–H and O–H groups in total. The van der Waals surface area contributed by atoms with Crippen molar-refractivity contribution in [2.75, 3.05) is 11.5 Å². The first kappa shape index (κ1) is 12.2. The summed E-state index contributed by atoms with van der Waals surface area (Å²) in [5, 5.41) is 0. The molecule has 0 aromatic rings. The third-order valence-corrected chi connectivity index (χ3v) is 5.87. The van der Waals surface area contributed by atoms with Gasteiger partial charge in [0.15, 0.2) is 0 Å². The van der Waals surface area contributed by atoms with Crippen LogP contribution < -0.4 is 0 Å². The maximum atomic E-state index is 10.7. The molecule has 0 saturated carbocycles. The van der Waals surface area contributed by atoms with Crippen LogP contribution in [0.2, 0.25) is 0 Å². The summed E-state index contributed by atoms with van der Waals surface area (Å²) in [6.45, 7) is 8.24. The maximum absolute atomic E-state index is 10.7. The molecule has 1 saturated heterocycles. The monoisotopic (exact) mass is 234 g/mol. The van der Waals surface area contributed by atoms with Gasteiger partial charge in [-0.2, -0.15) is 0 Å². The lowest BCUT2D eigenvalue weighted by molar-refractivity contribution is -0.144. The smallest absolute Gasteiger partial charge is 0.302 e. The van der Waals surface area contributed by atoms with Crippen molar-refractivity contribution in [1.82, 2.24) is 0 Å². The Balaban J connectivity index is 2.35. The van der Waals surface area contributed by atoms with Crippen LogP contribution in [0.3, 0.4) is 0 Å². The van der Waals surface area contributed by atoms with Gasteiger partial charge in [-0.15, -0.1) is 23.5 Å². The summed E-state index contributed by atoms with van der Waals surface area (Å²) in [6, 6.07) is 0. The van der Waals surface area contributed by atoms with Crippen LogP contribution in [0.4, 0.5) is 0 Å². The second kappa shape index (κ2) is 4.79. The molecule has 14 heavy (non-hydrogen) atoms. The Kier molecular flexibility index (Phi) is 4.19. The Bertz CT molecular complexity index is 203. The molecule has 82 valence electrons. The molecule has 2 nitrogen and oxygen atoms in total. The predicted octanol–water partition coefficient (Wildman–Crippen LogP) is 2.77. The highest BCUT2D eigenvalue weighted by molar-refractivity contribution is 8.17.